The molecular weight excluding hydrogens is 280 g/mol. The summed E-state index contributed by atoms with van der Waals surface area (Å²) in [5.74, 6) is -1.33. The van der Waals surface area contributed by atoms with Gasteiger partial charge in [0.15, 0.2) is 6.04 Å². The molecule has 6 nitrogen and oxygen atoms in total. The summed E-state index contributed by atoms with van der Waals surface area (Å²) in [4.78, 5) is 29.7. The molecule has 1 aromatic rings. The van der Waals surface area contributed by atoms with Gasteiger partial charge in [-0.1, -0.05) is 20.8 Å². The standard InChI is InChI=1S/C13H18N2O4S/c1-13(2,3)12-14-6-9(20-12)10(16)15-4-5-19-7-8(15)11(17)18/h6,8H,4-5,7H2,1-3H3,(H,17,18). The Morgan fingerprint density at radius 3 is 2.75 bits per heavy atom. The summed E-state index contributed by atoms with van der Waals surface area (Å²) < 4.78 is 5.13. The Morgan fingerprint density at radius 1 is 1.50 bits per heavy atom. The average Bonchev–Trinajstić information content (AvgIpc) is 2.87. The Hall–Kier alpha value is -1.47. The minimum Gasteiger partial charge on any atom is -0.480 e. The lowest BCUT2D eigenvalue weighted by atomic mass is 9.98. The highest BCUT2D eigenvalue weighted by Crippen LogP contribution is 2.28. The number of carbonyl (C=O) groups excluding carboxylic acids is 1. The van der Waals surface area contributed by atoms with E-state index in [2.05, 4.69) is 4.98 Å². The summed E-state index contributed by atoms with van der Waals surface area (Å²) in [5, 5.41) is 10.0. The van der Waals surface area contributed by atoms with E-state index in [0.29, 0.717) is 18.0 Å². The van der Waals surface area contributed by atoms with Gasteiger partial charge in [0.1, 0.15) is 4.88 Å². The Morgan fingerprint density at radius 2 is 2.20 bits per heavy atom. The first-order valence-electron chi connectivity index (χ1n) is 6.38. The molecule has 0 spiro atoms. The highest BCUT2D eigenvalue weighted by atomic mass is 32.1. The van der Waals surface area contributed by atoms with Crippen molar-refractivity contribution in [3.8, 4) is 0 Å². The number of carboxylic acids is 1. The summed E-state index contributed by atoms with van der Waals surface area (Å²) in [7, 11) is 0. The number of thiazole rings is 1. The van der Waals surface area contributed by atoms with Crippen LogP contribution in [0.15, 0.2) is 6.20 Å². The predicted octanol–water partition coefficient (Wildman–Crippen LogP) is 1.37. The van der Waals surface area contributed by atoms with E-state index in [1.807, 2.05) is 20.8 Å². The average molecular weight is 298 g/mol. The number of morpholine rings is 1. The fourth-order valence-corrected chi connectivity index (χ4v) is 2.84. The number of nitrogens with zero attached hydrogens (tertiary/aromatic N) is 2. The van der Waals surface area contributed by atoms with Crippen molar-refractivity contribution in [2.24, 2.45) is 0 Å². The maximum atomic E-state index is 12.4. The molecule has 1 saturated heterocycles. The fourth-order valence-electron chi connectivity index (χ4n) is 1.91. The number of aliphatic carboxylic acids is 1. The van der Waals surface area contributed by atoms with Crippen LogP contribution in [0.1, 0.15) is 35.5 Å². The molecule has 20 heavy (non-hydrogen) atoms. The molecule has 2 heterocycles. The van der Waals surface area contributed by atoms with Crippen LogP contribution in [0.3, 0.4) is 0 Å². The van der Waals surface area contributed by atoms with Crippen LogP contribution < -0.4 is 0 Å². The van der Waals surface area contributed by atoms with Crippen LogP contribution >= 0.6 is 11.3 Å². The number of aromatic nitrogens is 1. The largest absolute Gasteiger partial charge is 0.480 e. The predicted molar refractivity (Wildman–Crippen MR) is 74.1 cm³/mol. The topological polar surface area (TPSA) is 79.7 Å². The van der Waals surface area contributed by atoms with Crippen molar-refractivity contribution >= 4 is 23.2 Å². The number of ether oxygens (including phenoxy) is 1. The second kappa shape index (κ2) is 5.49. The van der Waals surface area contributed by atoms with Crippen molar-refractivity contribution in [1.82, 2.24) is 9.88 Å². The highest BCUT2D eigenvalue weighted by molar-refractivity contribution is 7.13. The lowest BCUT2D eigenvalue weighted by molar-refractivity contribution is -0.147. The first-order chi connectivity index (χ1) is 9.30. The van der Waals surface area contributed by atoms with Crippen LogP contribution in [0.25, 0.3) is 0 Å². The molecule has 1 N–H and O–H groups in total. The maximum Gasteiger partial charge on any atom is 0.328 e. The molecule has 1 aliphatic heterocycles. The number of amides is 1. The molecule has 1 fully saturated rings. The zero-order valence-electron chi connectivity index (χ0n) is 11.8. The summed E-state index contributed by atoms with van der Waals surface area (Å²) in [6.45, 7) is 6.75. The summed E-state index contributed by atoms with van der Waals surface area (Å²) in [6.07, 6.45) is 1.53. The zero-order valence-corrected chi connectivity index (χ0v) is 12.6. The van der Waals surface area contributed by atoms with Gasteiger partial charge in [-0.2, -0.15) is 0 Å². The second-order valence-corrected chi connectivity index (χ2v) is 6.74. The van der Waals surface area contributed by atoms with Crippen LogP contribution in [0.5, 0.6) is 0 Å². The van der Waals surface area contributed by atoms with E-state index in [0.717, 1.165) is 5.01 Å². The van der Waals surface area contributed by atoms with Gasteiger partial charge in [0.05, 0.1) is 24.4 Å². The normalized spacial score (nSPS) is 19.9. The van der Waals surface area contributed by atoms with Gasteiger partial charge in [-0.05, 0) is 0 Å². The van der Waals surface area contributed by atoms with E-state index in [4.69, 9.17) is 9.84 Å². The van der Waals surface area contributed by atoms with Crippen LogP contribution in [0, 0.1) is 0 Å². The molecule has 0 aromatic carbocycles. The van der Waals surface area contributed by atoms with Gasteiger partial charge < -0.3 is 14.7 Å². The Labute approximate surface area is 121 Å². The van der Waals surface area contributed by atoms with Gasteiger partial charge in [0.25, 0.3) is 5.91 Å². The van der Waals surface area contributed by atoms with Gasteiger partial charge in [-0.25, -0.2) is 9.78 Å². The van der Waals surface area contributed by atoms with Crippen molar-refractivity contribution in [2.45, 2.75) is 32.2 Å². The number of carboxylic acid groups (broad SMARTS) is 1. The first kappa shape index (κ1) is 14.9. The molecule has 1 unspecified atom stereocenters. The third-order valence-corrected chi connectivity index (χ3v) is 4.44. The third kappa shape index (κ3) is 2.99. The Bertz CT molecular complexity index is 521. The molecule has 0 radical (unpaired) electrons. The Kier molecular flexibility index (Phi) is 4.10. The Balaban J connectivity index is 2.21. The lowest BCUT2D eigenvalue weighted by Gasteiger charge is -2.32. The van der Waals surface area contributed by atoms with Crippen molar-refractivity contribution in [3.05, 3.63) is 16.1 Å². The van der Waals surface area contributed by atoms with Crippen LogP contribution in [-0.2, 0) is 14.9 Å². The molecule has 0 bridgehead atoms. The number of carbonyl (C=O) groups is 2. The van der Waals surface area contributed by atoms with Gasteiger partial charge in [-0.15, -0.1) is 11.3 Å². The van der Waals surface area contributed by atoms with Crippen molar-refractivity contribution in [1.29, 1.82) is 0 Å². The zero-order chi connectivity index (χ0) is 14.9. The van der Waals surface area contributed by atoms with Crippen molar-refractivity contribution in [3.63, 3.8) is 0 Å². The molecule has 1 aromatic heterocycles. The highest BCUT2D eigenvalue weighted by Gasteiger charge is 2.34. The number of rotatable bonds is 2. The molecule has 1 amide bonds. The van der Waals surface area contributed by atoms with Crippen molar-refractivity contribution < 1.29 is 19.4 Å². The van der Waals surface area contributed by atoms with Gasteiger partial charge in [0, 0.05) is 12.0 Å². The molecular formula is C13H18N2O4S. The smallest absolute Gasteiger partial charge is 0.328 e. The van der Waals surface area contributed by atoms with Crippen LogP contribution in [-0.4, -0.2) is 52.7 Å². The molecule has 0 saturated carbocycles. The fraction of sp³-hybridized carbons (Fsp3) is 0.615. The molecule has 1 aliphatic rings. The summed E-state index contributed by atoms with van der Waals surface area (Å²) in [6, 6.07) is -0.920. The number of hydrogen-bond acceptors (Lipinski definition) is 5. The maximum absolute atomic E-state index is 12.4. The molecule has 7 heteroatoms. The molecule has 0 aliphatic carbocycles. The van der Waals surface area contributed by atoms with Gasteiger partial charge in [0.2, 0.25) is 0 Å². The van der Waals surface area contributed by atoms with E-state index in [-0.39, 0.29) is 17.9 Å². The van der Waals surface area contributed by atoms with Crippen molar-refractivity contribution in [2.75, 3.05) is 19.8 Å². The van der Waals surface area contributed by atoms with Crippen LogP contribution in [0.2, 0.25) is 0 Å². The SMILES string of the molecule is CC(C)(C)c1ncc(C(=O)N2CCOCC2C(=O)O)s1. The minimum absolute atomic E-state index is 0.0337. The van der Waals surface area contributed by atoms with Gasteiger partial charge >= 0.3 is 5.97 Å². The van der Waals surface area contributed by atoms with E-state index < -0.39 is 12.0 Å². The monoisotopic (exact) mass is 298 g/mol. The second-order valence-electron chi connectivity index (χ2n) is 5.71. The minimum atomic E-state index is -1.04. The summed E-state index contributed by atoms with van der Waals surface area (Å²) in [5.41, 5.74) is -0.125. The van der Waals surface area contributed by atoms with E-state index >= 15 is 0 Å². The van der Waals surface area contributed by atoms with E-state index in [9.17, 15) is 9.59 Å². The first-order valence-corrected chi connectivity index (χ1v) is 7.20. The van der Waals surface area contributed by atoms with Crippen LogP contribution in [0.4, 0.5) is 0 Å². The third-order valence-electron chi connectivity index (χ3n) is 3.03. The molecule has 1 atom stereocenters. The van der Waals surface area contributed by atoms with Gasteiger partial charge in [-0.3, -0.25) is 4.79 Å². The lowest BCUT2D eigenvalue weighted by Crippen LogP contribution is -2.52. The molecule has 110 valence electrons. The molecule has 2 rings (SSSR count). The summed E-state index contributed by atoms with van der Waals surface area (Å²) >= 11 is 1.32. The van der Waals surface area contributed by atoms with E-state index in [1.54, 1.807) is 0 Å². The number of hydrogen-bond donors (Lipinski definition) is 1. The quantitative estimate of drug-likeness (QED) is 0.892. The van der Waals surface area contributed by atoms with E-state index in [1.165, 1.54) is 22.4 Å².